The van der Waals surface area contributed by atoms with E-state index in [1.165, 1.54) is 13.8 Å². The molecule has 0 aromatic rings. The molecule has 0 rings (SSSR count). The van der Waals surface area contributed by atoms with Crippen LogP contribution in [0.3, 0.4) is 0 Å². The van der Waals surface area contributed by atoms with Gasteiger partial charge in [-0.3, -0.25) is 0 Å². The molecule has 0 aliphatic carbocycles. The van der Waals surface area contributed by atoms with Gasteiger partial charge in [-0.25, -0.2) is 9.59 Å². The van der Waals surface area contributed by atoms with E-state index < -0.39 is 24.1 Å². The highest BCUT2D eigenvalue weighted by atomic mass is 16.5. The highest BCUT2D eigenvalue weighted by Gasteiger charge is 2.19. The second kappa shape index (κ2) is 3.92. The van der Waals surface area contributed by atoms with Crippen LogP contribution in [-0.2, 0) is 14.3 Å². The van der Waals surface area contributed by atoms with Gasteiger partial charge >= 0.3 is 11.9 Å². The van der Waals surface area contributed by atoms with E-state index >= 15 is 0 Å². The molecule has 0 amide bonds. The summed E-state index contributed by atoms with van der Waals surface area (Å²) in [6.45, 7) is 2.56. The molecule has 2 atom stereocenters. The van der Waals surface area contributed by atoms with Gasteiger partial charge in [-0.05, 0) is 13.8 Å². The summed E-state index contributed by atoms with van der Waals surface area (Å²) >= 11 is 0. The molecule has 0 aromatic heterocycles. The van der Waals surface area contributed by atoms with Gasteiger partial charge in [0.2, 0.25) is 0 Å². The van der Waals surface area contributed by atoms with Crippen molar-refractivity contribution >= 4 is 11.9 Å². The zero-order valence-electron chi connectivity index (χ0n) is 6.27. The quantitative estimate of drug-likeness (QED) is 0.605. The smallest absolute Gasteiger partial charge is 0.332 e. The molecular weight excluding hydrogens is 152 g/mol. The van der Waals surface area contributed by atoms with Crippen molar-refractivity contribution < 1.29 is 24.5 Å². The van der Waals surface area contributed by atoms with E-state index in [-0.39, 0.29) is 0 Å². The summed E-state index contributed by atoms with van der Waals surface area (Å²) in [5.74, 6) is -2.34. The predicted octanol–water partition coefficient (Wildman–Crippen LogP) is -0.0508. The predicted molar refractivity (Wildman–Crippen MR) is 35.3 cm³/mol. The fourth-order valence-electron chi connectivity index (χ4n) is 0.423. The zero-order valence-corrected chi connectivity index (χ0v) is 6.27. The van der Waals surface area contributed by atoms with Gasteiger partial charge in [0.1, 0.15) is 0 Å². The number of rotatable bonds is 4. The monoisotopic (exact) mass is 162 g/mol. The van der Waals surface area contributed by atoms with Gasteiger partial charge in [-0.15, -0.1) is 0 Å². The molecule has 2 unspecified atom stereocenters. The number of carboxylic acid groups (broad SMARTS) is 2. The molecule has 5 nitrogen and oxygen atoms in total. The Morgan fingerprint density at radius 1 is 1.09 bits per heavy atom. The normalized spacial score (nSPS) is 15.5. The molecule has 0 bridgehead atoms. The third kappa shape index (κ3) is 3.57. The Balaban J connectivity index is 3.84. The molecule has 0 saturated heterocycles. The SMILES string of the molecule is CC(OC(C)C(=O)O)C(=O)O. The Labute approximate surface area is 63.6 Å². The van der Waals surface area contributed by atoms with Crippen molar-refractivity contribution in [3.63, 3.8) is 0 Å². The Kier molecular flexibility index (Phi) is 3.53. The van der Waals surface area contributed by atoms with Crippen LogP contribution in [0.4, 0.5) is 0 Å². The van der Waals surface area contributed by atoms with Crippen molar-refractivity contribution in [3.05, 3.63) is 0 Å². The summed E-state index contributed by atoms with van der Waals surface area (Å²) in [5.41, 5.74) is 0. The summed E-state index contributed by atoms with van der Waals surface area (Å²) in [6, 6.07) is 0. The van der Waals surface area contributed by atoms with Gasteiger partial charge in [0.15, 0.2) is 12.2 Å². The van der Waals surface area contributed by atoms with Crippen LogP contribution < -0.4 is 0 Å². The highest BCUT2D eigenvalue weighted by Crippen LogP contribution is 1.97. The minimum atomic E-state index is -1.17. The fraction of sp³-hybridized carbons (Fsp3) is 0.667. The molecule has 2 N–H and O–H groups in total. The first-order chi connectivity index (χ1) is 4.95. The molecule has 0 heterocycles. The third-order valence-corrected chi connectivity index (χ3v) is 1.10. The molecular formula is C6H10O5. The molecule has 0 fully saturated rings. The molecule has 0 aliphatic rings. The van der Waals surface area contributed by atoms with Crippen LogP contribution in [0.5, 0.6) is 0 Å². The summed E-state index contributed by atoms with van der Waals surface area (Å²) in [5, 5.41) is 16.6. The Morgan fingerprint density at radius 2 is 1.36 bits per heavy atom. The summed E-state index contributed by atoms with van der Waals surface area (Å²) in [6.07, 6.45) is -2.16. The van der Waals surface area contributed by atoms with E-state index in [2.05, 4.69) is 4.74 Å². The maximum absolute atomic E-state index is 10.1. The van der Waals surface area contributed by atoms with Crippen molar-refractivity contribution in [1.29, 1.82) is 0 Å². The first kappa shape index (κ1) is 9.90. The van der Waals surface area contributed by atoms with Crippen molar-refractivity contribution in [3.8, 4) is 0 Å². The number of carboxylic acids is 2. The van der Waals surface area contributed by atoms with Crippen LogP contribution in [0.25, 0.3) is 0 Å². The standard InChI is InChI=1S/C6H10O5/c1-3(5(7)8)11-4(2)6(9)10/h3-4H,1-2H3,(H,7,8)(H,9,10). The second-order valence-corrected chi connectivity index (χ2v) is 2.10. The van der Waals surface area contributed by atoms with Gasteiger partial charge in [0, 0.05) is 0 Å². The first-order valence-corrected chi connectivity index (χ1v) is 3.06. The average molecular weight is 162 g/mol. The van der Waals surface area contributed by atoms with Gasteiger partial charge in [0.25, 0.3) is 0 Å². The van der Waals surface area contributed by atoms with E-state index in [1.54, 1.807) is 0 Å². The fourth-order valence-corrected chi connectivity index (χ4v) is 0.423. The van der Waals surface area contributed by atoms with E-state index in [1.807, 2.05) is 0 Å². The highest BCUT2D eigenvalue weighted by molar-refractivity contribution is 5.74. The Bertz CT molecular complexity index is 146. The minimum absolute atomic E-state index is 1.08. The molecule has 11 heavy (non-hydrogen) atoms. The summed E-state index contributed by atoms with van der Waals surface area (Å²) < 4.78 is 4.57. The van der Waals surface area contributed by atoms with Crippen molar-refractivity contribution in [2.24, 2.45) is 0 Å². The maximum atomic E-state index is 10.1. The van der Waals surface area contributed by atoms with Crippen molar-refractivity contribution in [2.75, 3.05) is 0 Å². The topological polar surface area (TPSA) is 83.8 Å². The summed E-state index contributed by atoms with van der Waals surface area (Å²) in [7, 11) is 0. The van der Waals surface area contributed by atoms with Crippen LogP contribution in [0, 0.1) is 0 Å². The second-order valence-electron chi connectivity index (χ2n) is 2.10. The van der Waals surface area contributed by atoms with Gasteiger partial charge < -0.3 is 14.9 Å². The van der Waals surface area contributed by atoms with Gasteiger partial charge in [-0.1, -0.05) is 0 Å². The van der Waals surface area contributed by atoms with E-state index in [9.17, 15) is 9.59 Å². The molecule has 64 valence electrons. The molecule has 0 aliphatic heterocycles. The Morgan fingerprint density at radius 3 is 1.55 bits per heavy atom. The van der Waals surface area contributed by atoms with Crippen LogP contribution in [0.2, 0.25) is 0 Å². The third-order valence-electron chi connectivity index (χ3n) is 1.10. The van der Waals surface area contributed by atoms with Crippen molar-refractivity contribution in [2.45, 2.75) is 26.1 Å². The van der Waals surface area contributed by atoms with Crippen molar-refractivity contribution in [1.82, 2.24) is 0 Å². The van der Waals surface area contributed by atoms with Crippen LogP contribution in [-0.4, -0.2) is 34.4 Å². The largest absolute Gasteiger partial charge is 0.479 e. The lowest BCUT2D eigenvalue weighted by molar-refractivity contribution is -0.162. The number of aliphatic carboxylic acids is 2. The first-order valence-electron chi connectivity index (χ1n) is 3.06. The number of hydrogen-bond acceptors (Lipinski definition) is 3. The minimum Gasteiger partial charge on any atom is -0.479 e. The average Bonchev–Trinajstić information content (AvgIpc) is 1.87. The van der Waals surface area contributed by atoms with E-state index in [0.29, 0.717) is 0 Å². The maximum Gasteiger partial charge on any atom is 0.332 e. The molecule has 0 radical (unpaired) electrons. The molecule has 0 spiro atoms. The number of ether oxygens (including phenoxy) is 1. The van der Waals surface area contributed by atoms with E-state index in [0.717, 1.165) is 0 Å². The number of hydrogen-bond donors (Lipinski definition) is 2. The molecule has 0 saturated carbocycles. The van der Waals surface area contributed by atoms with Crippen LogP contribution in [0.15, 0.2) is 0 Å². The van der Waals surface area contributed by atoms with Crippen LogP contribution in [0.1, 0.15) is 13.8 Å². The lowest BCUT2D eigenvalue weighted by atomic mass is 10.3. The lowest BCUT2D eigenvalue weighted by Crippen LogP contribution is -2.29. The molecule has 5 heteroatoms. The number of carbonyl (C=O) groups is 2. The lowest BCUT2D eigenvalue weighted by Gasteiger charge is -2.11. The Hall–Kier alpha value is -1.10. The zero-order chi connectivity index (χ0) is 9.02. The van der Waals surface area contributed by atoms with Crippen LogP contribution >= 0.6 is 0 Å². The van der Waals surface area contributed by atoms with Gasteiger partial charge in [-0.2, -0.15) is 0 Å². The molecule has 0 aromatic carbocycles. The summed E-state index contributed by atoms with van der Waals surface area (Å²) in [4.78, 5) is 20.3. The van der Waals surface area contributed by atoms with Gasteiger partial charge in [0.05, 0.1) is 0 Å². The van der Waals surface area contributed by atoms with E-state index in [4.69, 9.17) is 10.2 Å².